The normalized spacial score (nSPS) is 12.8. The van der Waals surface area contributed by atoms with Gasteiger partial charge >= 0.3 is 0 Å². The molecule has 0 spiro atoms. The van der Waals surface area contributed by atoms with Gasteiger partial charge in [0.2, 0.25) is 0 Å². The van der Waals surface area contributed by atoms with Gasteiger partial charge in [0.1, 0.15) is 5.75 Å². The van der Waals surface area contributed by atoms with Gasteiger partial charge < -0.3 is 15.4 Å². The average molecular weight is 352 g/mol. The predicted octanol–water partition coefficient (Wildman–Crippen LogP) is 3.20. The van der Waals surface area contributed by atoms with Crippen LogP contribution in [0.3, 0.4) is 0 Å². The third kappa shape index (κ3) is 5.17. The van der Waals surface area contributed by atoms with Gasteiger partial charge in [0.15, 0.2) is 12.4 Å². The van der Waals surface area contributed by atoms with Gasteiger partial charge in [-0.2, -0.15) is 0 Å². The number of amides is 1. The van der Waals surface area contributed by atoms with Crippen LogP contribution in [0.25, 0.3) is 0 Å². The van der Waals surface area contributed by atoms with Crippen molar-refractivity contribution in [1.29, 1.82) is 0 Å². The Morgan fingerprint density at radius 1 is 1.08 bits per heavy atom. The lowest BCUT2D eigenvalue weighted by Gasteiger charge is -2.18. The monoisotopic (exact) mass is 352 g/mol. The summed E-state index contributed by atoms with van der Waals surface area (Å²) in [6.07, 6.45) is 3.33. The lowest BCUT2D eigenvalue weighted by Crippen LogP contribution is -2.25. The minimum absolute atomic E-state index is 0.0254. The number of carbonyl (C=O) groups is 2. The van der Waals surface area contributed by atoms with Crippen LogP contribution in [0.1, 0.15) is 35.2 Å². The molecule has 0 aromatic heterocycles. The van der Waals surface area contributed by atoms with Crippen LogP contribution in [-0.2, 0) is 11.2 Å². The van der Waals surface area contributed by atoms with Gasteiger partial charge in [-0.15, -0.1) is 0 Å². The van der Waals surface area contributed by atoms with Crippen molar-refractivity contribution < 1.29 is 14.3 Å². The fourth-order valence-corrected chi connectivity index (χ4v) is 2.94. The van der Waals surface area contributed by atoms with Gasteiger partial charge in [-0.25, -0.2) is 0 Å². The van der Waals surface area contributed by atoms with E-state index in [1.54, 1.807) is 18.2 Å². The number of ketones is 1. The zero-order chi connectivity index (χ0) is 18.2. The van der Waals surface area contributed by atoms with Crippen LogP contribution < -0.4 is 15.4 Å². The number of rotatable bonds is 9. The van der Waals surface area contributed by atoms with Crippen molar-refractivity contribution in [3.63, 3.8) is 0 Å². The number of Topliss-reactive ketones (excluding diaryl/α,β-unsaturated/α-hetero) is 1. The van der Waals surface area contributed by atoms with E-state index >= 15 is 0 Å². The zero-order valence-corrected chi connectivity index (χ0v) is 14.8. The Hall–Kier alpha value is -2.66. The summed E-state index contributed by atoms with van der Waals surface area (Å²) in [5, 5.41) is 6.15. The molecule has 2 aromatic rings. The molecule has 0 fully saturated rings. The largest absolute Gasteiger partial charge is 0.482 e. The van der Waals surface area contributed by atoms with Crippen molar-refractivity contribution in [2.45, 2.75) is 25.7 Å². The Bertz CT molecular complexity index is 759. The highest BCUT2D eigenvalue weighted by molar-refractivity contribution is 6.00. The topological polar surface area (TPSA) is 67.4 Å². The van der Waals surface area contributed by atoms with E-state index in [9.17, 15) is 9.59 Å². The van der Waals surface area contributed by atoms with Crippen LogP contribution in [0.15, 0.2) is 48.5 Å². The molecule has 0 aliphatic carbocycles. The van der Waals surface area contributed by atoms with Crippen LogP contribution in [0.2, 0.25) is 0 Å². The fraction of sp³-hybridized carbons (Fsp3) is 0.333. The summed E-state index contributed by atoms with van der Waals surface area (Å²) in [6.45, 7) is 1.88. The number of anilines is 1. The molecule has 26 heavy (non-hydrogen) atoms. The zero-order valence-electron chi connectivity index (χ0n) is 14.8. The van der Waals surface area contributed by atoms with E-state index in [0.717, 1.165) is 32.4 Å². The van der Waals surface area contributed by atoms with Gasteiger partial charge in [-0.05, 0) is 56.1 Å². The molecule has 0 saturated carbocycles. The molecule has 0 bridgehead atoms. The Balaban J connectivity index is 1.34. The average Bonchev–Trinajstić information content (AvgIpc) is 2.67. The highest BCUT2D eigenvalue weighted by Gasteiger charge is 2.17. The first kappa shape index (κ1) is 18.1. The third-order valence-corrected chi connectivity index (χ3v) is 4.38. The maximum absolute atomic E-state index is 12.3. The molecule has 1 amide bonds. The number of carbonyl (C=O) groups excluding carboxylic acids is 2. The van der Waals surface area contributed by atoms with Crippen molar-refractivity contribution in [2.24, 2.45) is 0 Å². The molecular formula is C21H24N2O3. The van der Waals surface area contributed by atoms with Gasteiger partial charge in [-0.3, -0.25) is 9.59 Å². The molecule has 2 aromatic carbocycles. The lowest BCUT2D eigenvalue weighted by molar-refractivity contribution is -0.118. The first-order valence-electron chi connectivity index (χ1n) is 9.07. The smallest absolute Gasteiger partial charge is 0.262 e. The molecule has 5 heteroatoms. The van der Waals surface area contributed by atoms with Crippen molar-refractivity contribution in [1.82, 2.24) is 5.32 Å². The van der Waals surface area contributed by atoms with Crippen LogP contribution in [0.5, 0.6) is 5.75 Å². The molecule has 0 atom stereocenters. The Kier molecular flexibility index (Phi) is 6.39. The number of hydrogen-bond donors (Lipinski definition) is 2. The number of benzene rings is 2. The number of nitrogens with one attached hydrogen (secondary N) is 2. The molecule has 0 unspecified atom stereocenters. The third-order valence-electron chi connectivity index (χ3n) is 4.38. The lowest BCUT2D eigenvalue weighted by atomic mass is 10.0. The maximum atomic E-state index is 12.3. The molecule has 1 aliphatic rings. The van der Waals surface area contributed by atoms with Crippen molar-refractivity contribution in [3.05, 3.63) is 59.7 Å². The highest BCUT2D eigenvalue weighted by Crippen LogP contribution is 2.28. The van der Waals surface area contributed by atoms with Crippen LogP contribution >= 0.6 is 0 Å². The molecule has 1 heterocycles. The van der Waals surface area contributed by atoms with Crippen LogP contribution in [-0.4, -0.2) is 31.4 Å². The van der Waals surface area contributed by atoms with E-state index in [0.29, 0.717) is 23.4 Å². The van der Waals surface area contributed by atoms with E-state index in [1.807, 2.05) is 6.07 Å². The van der Waals surface area contributed by atoms with E-state index in [-0.39, 0.29) is 18.3 Å². The standard InChI is InChI=1S/C21H24N2O3/c24-19(17-9-10-20-18(14-17)23-21(25)15-26-20)8-4-5-12-22-13-11-16-6-2-1-3-7-16/h1-3,6-7,9-10,14,22H,4-5,8,11-13,15H2,(H,23,25). The van der Waals surface area contributed by atoms with Crippen LogP contribution in [0.4, 0.5) is 5.69 Å². The van der Waals surface area contributed by atoms with Crippen molar-refractivity contribution >= 4 is 17.4 Å². The molecule has 2 N–H and O–H groups in total. The van der Waals surface area contributed by atoms with E-state index in [2.05, 4.69) is 34.9 Å². The molecule has 1 aliphatic heterocycles. The van der Waals surface area contributed by atoms with Gasteiger partial charge in [0.05, 0.1) is 5.69 Å². The molecule has 0 saturated heterocycles. The fourth-order valence-electron chi connectivity index (χ4n) is 2.94. The quantitative estimate of drug-likeness (QED) is 0.537. The minimum atomic E-state index is -0.191. The second-order valence-electron chi connectivity index (χ2n) is 6.41. The number of hydrogen-bond acceptors (Lipinski definition) is 4. The van der Waals surface area contributed by atoms with E-state index in [4.69, 9.17) is 4.74 Å². The number of ether oxygens (including phenoxy) is 1. The first-order valence-corrected chi connectivity index (χ1v) is 9.07. The summed E-state index contributed by atoms with van der Waals surface area (Å²) in [5.41, 5.74) is 2.53. The molecular weight excluding hydrogens is 328 g/mol. The summed E-state index contributed by atoms with van der Waals surface area (Å²) in [4.78, 5) is 23.7. The summed E-state index contributed by atoms with van der Waals surface area (Å²) < 4.78 is 5.31. The molecule has 136 valence electrons. The Morgan fingerprint density at radius 3 is 2.77 bits per heavy atom. The van der Waals surface area contributed by atoms with Crippen LogP contribution in [0, 0.1) is 0 Å². The van der Waals surface area contributed by atoms with E-state index in [1.165, 1.54) is 5.56 Å². The van der Waals surface area contributed by atoms with Crippen molar-refractivity contribution in [2.75, 3.05) is 25.0 Å². The van der Waals surface area contributed by atoms with Gasteiger partial charge in [-0.1, -0.05) is 30.3 Å². The Labute approximate surface area is 153 Å². The van der Waals surface area contributed by atoms with E-state index < -0.39 is 0 Å². The second kappa shape index (κ2) is 9.15. The summed E-state index contributed by atoms with van der Waals surface area (Å²) in [7, 11) is 0. The molecule has 3 rings (SSSR count). The summed E-state index contributed by atoms with van der Waals surface area (Å²) in [6, 6.07) is 15.6. The number of fused-ring (bicyclic) bond motifs is 1. The first-order chi connectivity index (χ1) is 12.7. The number of unbranched alkanes of at least 4 members (excludes halogenated alkanes) is 1. The summed E-state index contributed by atoms with van der Waals surface area (Å²) in [5.74, 6) is 0.518. The Morgan fingerprint density at radius 2 is 1.92 bits per heavy atom. The SMILES string of the molecule is O=C1COc2ccc(C(=O)CCCCNCCc3ccccc3)cc2N1. The summed E-state index contributed by atoms with van der Waals surface area (Å²) >= 11 is 0. The second-order valence-corrected chi connectivity index (χ2v) is 6.41. The van der Waals surface area contributed by atoms with Crippen molar-refractivity contribution in [3.8, 4) is 5.75 Å². The minimum Gasteiger partial charge on any atom is -0.482 e. The van der Waals surface area contributed by atoms with Gasteiger partial charge in [0.25, 0.3) is 5.91 Å². The highest BCUT2D eigenvalue weighted by atomic mass is 16.5. The predicted molar refractivity (Wildman–Crippen MR) is 102 cm³/mol. The molecule has 0 radical (unpaired) electrons. The van der Waals surface area contributed by atoms with Gasteiger partial charge in [0, 0.05) is 12.0 Å². The molecule has 5 nitrogen and oxygen atoms in total. The maximum Gasteiger partial charge on any atom is 0.262 e.